The average Bonchev–Trinajstić information content (AvgIpc) is 3.18. The summed E-state index contributed by atoms with van der Waals surface area (Å²) in [7, 11) is 1.61. The summed E-state index contributed by atoms with van der Waals surface area (Å²) < 4.78 is 7.08. The van der Waals surface area contributed by atoms with Gasteiger partial charge < -0.3 is 10.1 Å². The fourth-order valence-corrected chi connectivity index (χ4v) is 3.37. The van der Waals surface area contributed by atoms with Crippen molar-refractivity contribution in [1.29, 1.82) is 0 Å². The van der Waals surface area contributed by atoms with Crippen LogP contribution in [0.25, 0.3) is 32.8 Å². The Kier molecular flexibility index (Phi) is 5.09. The highest BCUT2D eigenvalue weighted by Crippen LogP contribution is 2.26. The topological polar surface area (TPSA) is 90.6 Å². The maximum Gasteiger partial charge on any atom is 0.227 e. The second-order valence-corrected chi connectivity index (χ2v) is 7.08. The van der Waals surface area contributed by atoms with E-state index in [1.807, 2.05) is 53.3 Å². The van der Waals surface area contributed by atoms with Gasteiger partial charge in [-0.25, -0.2) is 19.6 Å². The molecule has 2 aromatic carbocycles. The van der Waals surface area contributed by atoms with Crippen molar-refractivity contribution < 1.29 is 4.74 Å². The fourth-order valence-electron chi connectivity index (χ4n) is 3.37. The fraction of sp³-hybridized carbons (Fsp3) is 0.190. The zero-order valence-corrected chi connectivity index (χ0v) is 17.5. The third kappa shape index (κ3) is 3.35. The van der Waals surface area contributed by atoms with Crippen molar-refractivity contribution in [2.24, 2.45) is 0 Å². The van der Waals surface area contributed by atoms with E-state index in [2.05, 4.69) is 39.4 Å². The SMILES string of the molecule is COc1ccc2cc(Nc3ncc4ccc5nnn(C(C)C)c5c4n3)ccc2n1.Cl. The molecule has 0 unspecified atom stereocenters. The van der Waals surface area contributed by atoms with Crippen LogP contribution in [0, 0.1) is 0 Å². The number of ether oxygens (including phenoxy) is 1. The highest BCUT2D eigenvalue weighted by atomic mass is 35.5. The van der Waals surface area contributed by atoms with Crippen LogP contribution in [0.1, 0.15) is 19.9 Å². The molecule has 152 valence electrons. The lowest BCUT2D eigenvalue weighted by Gasteiger charge is -2.10. The van der Waals surface area contributed by atoms with Crippen molar-refractivity contribution in [2.75, 3.05) is 12.4 Å². The molecule has 1 N–H and O–H groups in total. The minimum absolute atomic E-state index is 0. The van der Waals surface area contributed by atoms with Gasteiger partial charge in [-0.1, -0.05) is 5.21 Å². The number of rotatable bonds is 4. The number of nitrogens with one attached hydrogen (secondary N) is 1. The molecule has 0 spiro atoms. The van der Waals surface area contributed by atoms with Crippen LogP contribution in [0.3, 0.4) is 0 Å². The number of methoxy groups -OCH3 is 1. The number of hydrogen-bond donors (Lipinski definition) is 1. The van der Waals surface area contributed by atoms with E-state index < -0.39 is 0 Å². The molecular weight excluding hydrogens is 402 g/mol. The first-order chi connectivity index (χ1) is 14.1. The van der Waals surface area contributed by atoms with E-state index in [1.165, 1.54) is 0 Å². The van der Waals surface area contributed by atoms with E-state index in [9.17, 15) is 0 Å². The molecule has 0 amide bonds. The Labute approximate surface area is 178 Å². The molecule has 0 bridgehead atoms. The number of aromatic nitrogens is 6. The van der Waals surface area contributed by atoms with Gasteiger partial charge in [-0.2, -0.15) is 0 Å². The molecule has 5 aromatic rings. The number of fused-ring (bicyclic) bond motifs is 4. The first-order valence-corrected chi connectivity index (χ1v) is 9.35. The van der Waals surface area contributed by atoms with E-state index in [-0.39, 0.29) is 18.4 Å². The van der Waals surface area contributed by atoms with Gasteiger partial charge in [0.15, 0.2) is 0 Å². The number of hydrogen-bond acceptors (Lipinski definition) is 7. The second-order valence-electron chi connectivity index (χ2n) is 7.08. The van der Waals surface area contributed by atoms with Crippen LogP contribution in [0.15, 0.2) is 48.7 Å². The molecule has 0 radical (unpaired) electrons. The standard InChI is InChI=1S/C21H19N7O.ClH/c1-12(2)28-20-17(26-27-28)7-4-14-11-22-21(25-19(14)20)23-15-6-8-16-13(10-15)5-9-18(24-16)29-3;/h4-12H,1-3H3,(H,22,23,25);1H. The number of benzene rings is 2. The van der Waals surface area contributed by atoms with Crippen LogP contribution in [0.4, 0.5) is 11.6 Å². The molecule has 8 nitrogen and oxygen atoms in total. The number of pyridine rings is 1. The lowest BCUT2D eigenvalue weighted by Crippen LogP contribution is -2.04. The summed E-state index contributed by atoms with van der Waals surface area (Å²) in [6.45, 7) is 4.15. The third-order valence-corrected chi connectivity index (χ3v) is 4.80. The van der Waals surface area contributed by atoms with E-state index in [1.54, 1.807) is 7.11 Å². The van der Waals surface area contributed by atoms with Gasteiger partial charge in [0, 0.05) is 34.8 Å². The first-order valence-electron chi connectivity index (χ1n) is 9.35. The summed E-state index contributed by atoms with van der Waals surface area (Å²) in [5.41, 5.74) is 4.31. The zero-order chi connectivity index (χ0) is 20.0. The summed E-state index contributed by atoms with van der Waals surface area (Å²) in [6, 6.07) is 13.8. The van der Waals surface area contributed by atoms with E-state index in [0.29, 0.717) is 11.8 Å². The Balaban J connectivity index is 0.00000218. The molecule has 0 aliphatic rings. The van der Waals surface area contributed by atoms with Gasteiger partial charge in [0.1, 0.15) is 16.6 Å². The molecule has 0 saturated carbocycles. The van der Waals surface area contributed by atoms with Crippen LogP contribution in [-0.2, 0) is 0 Å². The summed E-state index contributed by atoms with van der Waals surface area (Å²) in [6.07, 6.45) is 1.81. The highest BCUT2D eigenvalue weighted by Gasteiger charge is 2.13. The molecule has 30 heavy (non-hydrogen) atoms. The molecule has 0 saturated heterocycles. The Bertz CT molecular complexity index is 1370. The van der Waals surface area contributed by atoms with Gasteiger partial charge >= 0.3 is 0 Å². The molecule has 0 fully saturated rings. The van der Waals surface area contributed by atoms with Gasteiger partial charge in [0.2, 0.25) is 11.8 Å². The summed E-state index contributed by atoms with van der Waals surface area (Å²) in [5.74, 6) is 1.11. The van der Waals surface area contributed by atoms with Crippen LogP contribution >= 0.6 is 12.4 Å². The molecule has 0 atom stereocenters. The first kappa shape index (κ1) is 19.8. The Morgan fingerprint density at radius 2 is 1.77 bits per heavy atom. The number of anilines is 2. The van der Waals surface area contributed by atoms with Crippen molar-refractivity contribution >= 4 is 56.9 Å². The maximum atomic E-state index is 5.18. The summed E-state index contributed by atoms with van der Waals surface area (Å²) >= 11 is 0. The average molecular weight is 422 g/mol. The lowest BCUT2D eigenvalue weighted by atomic mass is 10.2. The van der Waals surface area contributed by atoms with Gasteiger partial charge in [-0.15, -0.1) is 17.5 Å². The number of nitrogens with zero attached hydrogens (tertiary/aromatic N) is 6. The minimum atomic E-state index is 0. The summed E-state index contributed by atoms with van der Waals surface area (Å²) in [4.78, 5) is 13.7. The molecule has 0 aliphatic heterocycles. The van der Waals surface area contributed by atoms with Gasteiger partial charge in [0.05, 0.1) is 12.6 Å². The Morgan fingerprint density at radius 1 is 0.967 bits per heavy atom. The smallest absolute Gasteiger partial charge is 0.227 e. The molecule has 9 heteroatoms. The normalized spacial score (nSPS) is 11.2. The van der Waals surface area contributed by atoms with Crippen molar-refractivity contribution in [3.05, 3.63) is 48.7 Å². The van der Waals surface area contributed by atoms with Crippen molar-refractivity contribution in [2.45, 2.75) is 19.9 Å². The molecule has 3 heterocycles. The highest BCUT2D eigenvalue weighted by molar-refractivity contribution is 6.01. The van der Waals surface area contributed by atoms with Crippen LogP contribution in [0.5, 0.6) is 5.88 Å². The predicted molar refractivity (Wildman–Crippen MR) is 120 cm³/mol. The van der Waals surface area contributed by atoms with Crippen molar-refractivity contribution in [3.8, 4) is 5.88 Å². The molecular formula is C21H20ClN7O. The van der Waals surface area contributed by atoms with Gasteiger partial charge in [-0.05, 0) is 50.2 Å². The van der Waals surface area contributed by atoms with Crippen LogP contribution in [0.2, 0.25) is 0 Å². The largest absolute Gasteiger partial charge is 0.481 e. The minimum Gasteiger partial charge on any atom is -0.481 e. The second kappa shape index (κ2) is 7.72. The zero-order valence-electron chi connectivity index (χ0n) is 16.7. The van der Waals surface area contributed by atoms with E-state index >= 15 is 0 Å². The Hall–Kier alpha value is -3.52. The van der Waals surface area contributed by atoms with Crippen LogP contribution in [-0.4, -0.2) is 37.1 Å². The van der Waals surface area contributed by atoms with Gasteiger partial charge in [-0.3, -0.25) is 0 Å². The van der Waals surface area contributed by atoms with E-state index in [4.69, 9.17) is 9.72 Å². The quantitative estimate of drug-likeness (QED) is 0.450. The summed E-state index contributed by atoms with van der Waals surface area (Å²) in [5, 5.41) is 13.8. The Morgan fingerprint density at radius 3 is 2.57 bits per heavy atom. The lowest BCUT2D eigenvalue weighted by molar-refractivity contribution is 0.399. The predicted octanol–water partition coefficient (Wildman–Crippen LogP) is 4.68. The molecule has 0 aliphatic carbocycles. The third-order valence-electron chi connectivity index (χ3n) is 4.80. The van der Waals surface area contributed by atoms with E-state index in [0.717, 1.165) is 38.5 Å². The van der Waals surface area contributed by atoms with Gasteiger partial charge in [0.25, 0.3) is 0 Å². The molecule has 5 rings (SSSR count). The maximum absolute atomic E-state index is 5.18. The van der Waals surface area contributed by atoms with Crippen LogP contribution < -0.4 is 10.1 Å². The molecule has 3 aromatic heterocycles. The van der Waals surface area contributed by atoms with Crippen molar-refractivity contribution in [3.63, 3.8) is 0 Å². The van der Waals surface area contributed by atoms with Crippen molar-refractivity contribution in [1.82, 2.24) is 29.9 Å². The number of halogens is 1. The monoisotopic (exact) mass is 421 g/mol.